The number of nitrogens with one attached hydrogen (secondary N) is 1. The Hall–Kier alpha value is -3.98. The van der Waals surface area contributed by atoms with Gasteiger partial charge in [0, 0.05) is 16.8 Å². The third kappa shape index (κ3) is 6.28. The van der Waals surface area contributed by atoms with E-state index in [1.54, 1.807) is 36.4 Å². The summed E-state index contributed by atoms with van der Waals surface area (Å²) < 4.78 is 57.5. The molecule has 1 heterocycles. The van der Waals surface area contributed by atoms with Crippen LogP contribution < -0.4 is 20.2 Å². The van der Waals surface area contributed by atoms with Gasteiger partial charge in [0.05, 0.1) is 5.39 Å². The Kier molecular flexibility index (Phi) is 7.42. The van der Waals surface area contributed by atoms with E-state index in [2.05, 4.69) is 5.32 Å². The summed E-state index contributed by atoms with van der Waals surface area (Å²) in [4.78, 5) is 25.2. The molecule has 0 fully saturated rings. The van der Waals surface area contributed by atoms with Gasteiger partial charge in [0.2, 0.25) is 11.2 Å². The first kappa shape index (κ1) is 27.1. The predicted molar refractivity (Wildman–Crippen MR) is 138 cm³/mol. The third-order valence-electron chi connectivity index (χ3n) is 5.50. The van der Waals surface area contributed by atoms with Crippen molar-refractivity contribution in [2.24, 2.45) is 0 Å². The second-order valence-electron chi connectivity index (χ2n) is 9.47. The molecule has 3 aromatic carbocycles. The fourth-order valence-corrected chi connectivity index (χ4v) is 3.77. The summed E-state index contributed by atoms with van der Waals surface area (Å²) in [5.41, 5.74) is -0.145. The summed E-state index contributed by atoms with van der Waals surface area (Å²) in [6.07, 6.45) is -5.01. The molecule has 1 N–H and O–H groups in total. The van der Waals surface area contributed by atoms with E-state index in [1.165, 1.54) is 24.3 Å². The highest BCUT2D eigenvalue weighted by molar-refractivity contribution is 6.30. The maximum absolute atomic E-state index is 13.9. The maximum atomic E-state index is 13.9. The number of benzene rings is 3. The van der Waals surface area contributed by atoms with Gasteiger partial charge >= 0.3 is 6.18 Å². The van der Waals surface area contributed by atoms with Crippen molar-refractivity contribution in [3.8, 4) is 17.2 Å². The zero-order valence-electron chi connectivity index (χ0n) is 20.6. The normalized spacial score (nSPS) is 11.9. The predicted octanol–water partition coefficient (Wildman–Crippen LogP) is 7.57. The Labute approximate surface area is 220 Å². The van der Waals surface area contributed by atoms with Crippen molar-refractivity contribution < 1.29 is 31.9 Å². The van der Waals surface area contributed by atoms with Crippen molar-refractivity contribution in [3.05, 3.63) is 93.3 Å². The minimum absolute atomic E-state index is 0.0291. The van der Waals surface area contributed by atoms with Gasteiger partial charge in [-0.1, -0.05) is 50.6 Å². The van der Waals surface area contributed by atoms with Crippen LogP contribution in [0.5, 0.6) is 17.2 Å². The Morgan fingerprint density at radius 1 is 0.974 bits per heavy atom. The lowest BCUT2D eigenvalue weighted by molar-refractivity contribution is -0.154. The lowest BCUT2D eigenvalue weighted by Crippen LogP contribution is -2.20. The Morgan fingerprint density at radius 2 is 1.66 bits per heavy atom. The first-order valence-corrected chi connectivity index (χ1v) is 11.8. The molecular formula is C28H23ClF3NO5. The van der Waals surface area contributed by atoms with Crippen LogP contribution in [0.1, 0.15) is 32.1 Å². The molecule has 1 amide bonds. The highest BCUT2D eigenvalue weighted by Crippen LogP contribution is 2.39. The lowest BCUT2D eigenvalue weighted by Gasteiger charge is -2.19. The number of halogens is 4. The summed E-state index contributed by atoms with van der Waals surface area (Å²) in [5, 5.41) is 2.87. The molecule has 4 aromatic rings. The zero-order valence-corrected chi connectivity index (χ0v) is 21.4. The molecule has 0 spiro atoms. The molecule has 0 aliphatic heterocycles. The van der Waals surface area contributed by atoms with Crippen molar-refractivity contribution in [1.82, 2.24) is 0 Å². The molecule has 0 radical (unpaired) electrons. The molecule has 0 unspecified atom stereocenters. The van der Waals surface area contributed by atoms with Crippen LogP contribution in [0.3, 0.4) is 0 Å². The van der Waals surface area contributed by atoms with Crippen molar-refractivity contribution in [1.29, 1.82) is 0 Å². The summed E-state index contributed by atoms with van der Waals surface area (Å²) >= 11 is 5.89. The monoisotopic (exact) mass is 545 g/mol. The van der Waals surface area contributed by atoms with Gasteiger partial charge in [0.15, 0.2) is 6.61 Å². The molecule has 0 atom stereocenters. The quantitative estimate of drug-likeness (QED) is 0.270. The summed E-state index contributed by atoms with van der Waals surface area (Å²) in [6, 6.07) is 16.6. The number of hydrogen-bond donors (Lipinski definition) is 1. The average Bonchev–Trinajstić information content (AvgIpc) is 2.83. The van der Waals surface area contributed by atoms with Gasteiger partial charge in [-0.15, -0.1) is 0 Å². The molecular weight excluding hydrogens is 523 g/mol. The third-order valence-corrected chi connectivity index (χ3v) is 5.73. The fourth-order valence-electron chi connectivity index (χ4n) is 3.58. The van der Waals surface area contributed by atoms with Gasteiger partial charge in [-0.3, -0.25) is 9.59 Å². The van der Waals surface area contributed by atoms with E-state index in [1.807, 2.05) is 20.8 Å². The molecule has 0 bridgehead atoms. The number of anilines is 1. The minimum atomic E-state index is -5.01. The molecule has 4 rings (SSSR count). The van der Waals surface area contributed by atoms with Crippen LogP contribution in [-0.2, 0) is 16.4 Å². The number of hydrogen-bond acceptors (Lipinski definition) is 5. The van der Waals surface area contributed by atoms with Gasteiger partial charge in [-0.2, -0.15) is 13.2 Å². The lowest BCUT2D eigenvalue weighted by atomic mass is 9.87. The highest BCUT2D eigenvalue weighted by Gasteiger charge is 2.40. The fraction of sp³-hybridized carbons (Fsp3) is 0.214. The largest absolute Gasteiger partial charge is 0.484 e. The Morgan fingerprint density at radius 3 is 2.29 bits per heavy atom. The number of carbonyl (C=O) groups is 1. The number of ether oxygens (including phenoxy) is 2. The molecule has 0 saturated carbocycles. The second-order valence-corrected chi connectivity index (χ2v) is 9.91. The van der Waals surface area contributed by atoms with Crippen LogP contribution in [0.4, 0.5) is 18.9 Å². The van der Waals surface area contributed by atoms with Crippen LogP contribution in [0.25, 0.3) is 11.0 Å². The molecule has 6 nitrogen and oxygen atoms in total. The average molecular weight is 546 g/mol. The second kappa shape index (κ2) is 10.4. The van der Waals surface area contributed by atoms with E-state index in [0.29, 0.717) is 10.7 Å². The highest BCUT2D eigenvalue weighted by atomic mass is 35.5. The molecule has 0 aliphatic carbocycles. The van der Waals surface area contributed by atoms with E-state index in [9.17, 15) is 22.8 Å². The van der Waals surface area contributed by atoms with Gasteiger partial charge in [0.1, 0.15) is 17.1 Å². The van der Waals surface area contributed by atoms with Crippen LogP contribution in [-0.4, -0.2) is 12.5 Å². The van der Waals surface area contributed by atoms with Crippen molar-refractivity contribution >= 4 is 34.2 Å². The van der Waals surface area contributed by atoms with Gasteiger partial charge in [-0.05, 0) is 53.4 Å². The van der Waals surface area contributed by atoms with Crippen molar-refractivity contribution in [2.75, 3.05) is 11.9 Å². The minimum Gasteiger partial charge on any atom is -0.484 e. The summed E-state index contributed by atoms with van der Waals surface area (Å²) in [7, 11) is 0. The molecule has 1 aromatic heterocycles. The molecule has 0 aliphatic rings. The van der Waals surface area contributed by atoms with Gasteiger partial charge < -0.3 is 19.2 Å². The topological polar surface area (TPSA) is 77.8 Å². The maximum Gasteiger partial charge on any atom is 0.453 e. The molecule has 38 heavy (non-hydrogen) atoms. The van der Waals surface area contributed by atoms with Crippen LogP contribution in [0.2, 0.25) is 5.02 Å². The Balaban J connectivity index is 1.60. The van der Waals surface area contributed by atoms with E-state index >= 15 is 0 Å². The van der Waals surface area contributed by atoms with Crippen LogP contribution in [0.15, 0.2) is 75.9 Å². The smallest absolute Gasteiger partial charge is 0.453 e. The number of fused-ring (bicyclic) bond motifs is 1. The van der Waals surface area contributed by atoms with E-state index < -0.39 is 35.6 Å². The number of carbonyl (C=O) groups excluding carboxylic acids is 1. The standard InChI is InChI=1S/C28H23ClF3NO5/c1-27(2,3)16-7-9-19(10-8-16)37-25-24(35)21-12-11-20(14-22(21)38-26(25)28(30,31)32)36-15-23(34)33-18-6-4-5-17(29)13-18/h4-14H,15H2,1-3H3,(H,33,34). The zero-order chi connectivity index (χ0) is 27.7. The summed E-state index contributed by atoms with van der Waals surface area (Å²) in [6.45, 7) is 5.53. The van der Waals surface area contributed by atoms with Gasteiger partial charge in [-0.25, -0.2) is 0 Å². The molecule has 198 valence electrons. The number of amides is 1. The van der Waals surface area contributed by atoms with Crippen molar-refractivity contribution in [2.45, 2.75) is 32.4 Å². The van der Waals surface area contributed by atoms with E-state index in [4.69, 9.17) is 25.5 Å². The SMILES string of the molecule is CC(C)(C)c1ccc(Oc2c(C(F)(F)F)oc3cc(OCC(=O)Nc4cccc(Cl)c4)ccc3c2=O)cc1. The van der Waals surface area contributed by atoms with Gasteiger partial charge in [0.25, 0.3) is 11.7 Å². The Bertz CT molecular complexity index is 1540. The van der Waals surface area contributed by atoms with Crippen molar-refractivity contribution in [3.63, 3.8) is 0 Å². The van der Waals surface area contributed by atoms with E-state index in [0.717, 1.165) is 11.6 Å². The number of rotatable bonds is 6. The first-order chi connectivity index (χ1) is 17.8. The summed E-state index contributed by atoms with van der Waals surface area (Å²) in [5.74, 6) is -2.98. The van der Waals surface area contributed by atoms with Crippen LogP contribution >= 0.6 is 11.6 Å². The molecule has 10 heteroatoms. The first-order valence-electron chi connectivity index (χ1n) is 11.5. The van der Waals surface area contributed by atoms with Crippen LogP contribution in [0, 0.1) is 0 Å². The van der Waals surface area contributed by atoms with E-state index in [-0.39, 0.29) is 27.9 Å². The number of alkyl halides is 3. The molecule has 0 saturated heterocycles.